The molecule has 0 unspecified atom stereocenters. The Hall–Kier alpha value is -0.900. The molecule has 0 spiro atoms. The molecule has 0 aliphatic rings. The molecule has 1 rings (SSSR count). The molecule has 0 aliphatic carbocycles. The molecule has 13 heavy (non-hydrogen) atoms. The highest BCUT2D eigenvalue weighted by molar-refractivity contribution is 5.13. The quantitative estimate of drug-likeness (QED) is 0.772. The van der Waals surface area contributed by atoms with Gasteiger partial charge >= 0.3 is 0 Å². The molecule has 0 amide bonds. The molecule has 0 bridgehead atoms. The van der Waals surface area contributed by atoms with Crippen LogP contribution in [0.25, 0.3) is 0 Å². The lowest BCUT2D eigenvalue weighted by Crippen LogP contribution is -2.09. The van der Waals surface area contributed by atoms with Crippen LogP contribution >= 0.6 is 0 Å². The summed E-state index contributed by atoms with van der Waals surface area (Å²) in [7, 11) is 0. The van der Waals surface area contributed by atoms with E-state index in [-0.39, 0.29) is 6.61 Å². The van der Waals surface area contributed by atoms with Crippen LogP contribution in [0.1, 0.15) is 51.0 Å². The Balaban J connectivity index is 3.14. The van der Waals surface area contributed by atoms with E-state index in [0.717, 1.165) is 5.69 Å². The second-order valence-corrected chi connectivity index (χ2v) is 3.77. The molecule has 4 heteroatoms. The minimum atomic E-state index is -0.0275. The summed E-state index contributed by atoms with van der Waals surface area (Å²) in [5.41, 5.74) is 1.74. The number of aliphatic hydroxyl groups excluding tert-OH is 1. The summed E-state index contributed by atoms with van der Waals surface area (Å²) >= 11 is 0. The predicted octanol–water partition coefficient (Wildman–Crippen LogP) is 1.47. The molecular formula is C9H17N3O. The van der Waals surface area contributed by atoms with E-state index in [1.165, 1.54) is 0 Å². The van der Waals surface area contributed by atoms with Gasteiger partial charge in [0.2, 0.25) is 0 Å². The summed E-state index contributed by atoms with van der Waals surface area (Å²) in [5.74, 6) is 0.347. The zero-order valence-corrected chi connectivity index (χ0v) is 8.65. The second kappa shape index (κ2) is 3.87. The minimum absolute atomic E-state index is 0.0275. The summed E-state index contributed by atoms with van der Waals surface area (Å²) in [4.78, 5) is 0. The van der Waals surface area contributed by atoms with Crippen LogP contribution in [0, 0.1) is 0 Å². The number of hydrogen-bond acceptors (Lipinski definition) is 3. The van der Waals surface area contributed by atoms with Crippen LogP contribution in [0.3, 0.4) is 0 Å². The maximum Gasteiger partial charge on any atom is 0.112 e. The summed E-state index contributed by atoms with van der Waals surface area (Å²) in [6.07, 6.45) is 0. The first-order chi connectivity index (χ1) is 6.07. The van der Waals surface area contributed by atoms with Gasteiger partial charge in [-0.3, -0.25) is 0 Å². The van der Waals surface area contributed by atoms with Crippen LogP contribution < -0.4 is 0 Å². The fourth-order valence-corrected chi connectivity index (χ4v) is 1.43. The predicted molar refractivity (Wildman–Crippen MR) is 50.4 cm³/mol. The Labute approximate surface area is 78.6 Å². The van der Waals surface area contributed by atoms with Crippen LogP contribution in [0.2, 0.25) is 0 Å². The molecule has 1 aromatic heterocycles. The highest BCUT2D eigenvalue weighted by atomic mass is 16.3. The van der Waals surface area contributed by atoms with Crippen LogP contribution in [0.15, 0.2) is 0 Å². The van der Waals surface area contributed by atoms with Gasteiger partial charge in [-0.2, -0.15) is 0 Å². The highest BCUT2D eigenvalue weighted by Gasteiger charge is 2.16. The standard InChI is InChI=1S/C9H17N3O/c1-6(2)9-8(5-13)10-11-12(9)7(3)4/h6-7,13H,5H2,1-4H3. The average Bonchev–Trinajstić information content (AvgIpc) is 2.46. The molecule has 4 nitrogen and oxygen atoms in total. The van der Waals surface area contributed by atoms with Crippen molar-refractivity contribution in [1.29, 1.82) is 0 Å². The summed E-state index contributed by atoms with van der Waals surface area (Å²) in [6.45, 7) is 8.25. The van der Waals surface area contributed by atoms with Gasteiger partial charge in [-0.1, -0.05) is 19.1 Å². The minimum Gasteiger partial charge on any atom is -0.390 e. The topological polar surface area (TPSA) is 50.9 Å². The molecule has 74 valence electrons. The molecule has 0 aromatic carbocycles. The Morgan fingerprint density at radius 1 is 1.31 bits per heavy atom. The Bertz CT molecular complexity index is 278. The molecule has 0 saturated heterocycles. The van der Waals surface area contributed by atoms with Crippen LogP contribution in [-0.4, -0.2) is 20.1 Å². The third kappa shape index (κ3) is 1.88. The average molecular weight is 183 g/mol. The van der Waals surface area contributed by atoms with E-state index in [1.54, 1.807) is 0 Å². The van der Waals surface area contributed by atoms with Gasteiger partial charge in [0, 0.05) is 6.04 Å². The van der Waals surface area contributed by atoms with Crippen molar-refractivity contribution < 1.29 is 5.11 Å². The van der Waals surface area contributed by atoms with Gasteiger partial charge in [-0.15, -0.1) is 5.10 Å². The third-order valence-electron chi connectivity index (χ3n) is 1.99. The van der Waals surface area contributed by atoms with E-state index in [0.29, 0.717) is 17.7 Å². The van der Waals surface area contributed by atoms with Crippen LogP contribution in [0.5, 0.6) is 0 Å². The maximum absolute atomic E-state index is 9.05. The van der Waals surface area contributed by atoms with Gasteiger partial charge < -0.3 is 5.11 Å². The van der Waals surface area contributed by atoms with E-state index < -0.39 is 0 Å². The van der Waals surface area contributed by atoms with Gasteiger partial charge in [0.1, 0.15) is 5.69 Å². The largest absolute Gasteiger partial charge is 0.390 e. The zero-order chi connectivity index (χ0) is 10.0. The Morgan fingerprint density at radius 3 is 2.31 bits per heavy atom. The molecular weight excluding hydrogens is 166 g/mol. The molecule has 0 fully saturated rings. The van der Waals surface area contributed by atoms with Crippen molar-refractivity contribution in [3.8, 4) is 0 Å². The monoisotopic (exact) mass is 183 g/mol. The normalized spacial score (nSPS) is 11.6. The van der Waals surface area contributed by atoms with Crippen molar-refractivity contribution in [2.24, 2.45) is 0 Å². The van der Waals surface area contributed by atoms with Crippen LogP contribution in [-0.2, 0) is 6.61 Å². The molecule has 0 aliphatic heterocycles. The van der Waals surface area contributed by atoms with Gasteiger partial charge in [0.05, 0.1) is 12.3 Å². The molecule has 1 heterocycles. The summed E-state index contributed by atoms with van der Waals surface area (Å²) in [6, 6.07) is 0.296. The first kappa shape index (κ1) is 10.2. The van der Waals surface area contributed by atoms with Gasteiger partial charge in [-0.05, 0) is 19.8 Å². The fraction of sp³-hybridized carbons (Fsp3) is 0.778. The van der Waals surface area contributed by atoms with Gasteiger partial charge in [0.15, 0.2) is 0 Å². The number of aliphatic hydroxyl groups is 1. The first-order valence-corrected chi connectivity index (χ1v) is 4.62. The fourth-order valence-electron chi connectivity index (χ4n) is 1.43. The van der Waals surface area contributed by atoms with Crippen molar-refractivity contribution in [2.45, 2.75) is 46.3 Å². The summed E-state index contributed by atoms with van der Waals surface area (Å²) < 4.78 is 1.87. The zero-order valence-electron chi connectivity index (χ0n) is 8.65. The number of rotatable bonds is 3. The van der Waals surface area contributed by atoms with E-state index >= 15 is 0 Å². The molecule has 0 atom stereocenters. The van der Waals surface area contributed by atoms with Crippen LogP contribution in [0.4, 0.5) is 0 Å². The maximum atomic E-state index is 9.05. The molecule has 1 N–H and O–H groups in total. The number of hydrogen-bond donors (Lipinski definition) is 1. The Kier molecular flexibility index (Phi) is 3.03. The van der Waals surface area contributed by atoms with Gasteiger partial charge in [0.25, 0.3) is 0 Å². The highest BCUT2D eigenvalue weighted by Crippen LogP contribution is 2.20. The number of aromatic nitrogens is 3. The lowest BCUT2D eigenvalue weighted by molar-refractivity contribution is 0.274. The molecule has 0 radical (unpaired) electrons. The lowest BCUT2D eigenvalue weighted by Gasteiger charge is -2.12. The molecule has 0 saturated carbocycles. The second-order valence-electron chi connectivity index (χ2n) is 3.77. The van der Waals surface area contributed by atoms with Crippen molar-refractivity contribution in [3.05, 3.63) is 11.4 Å². The van der Waals surface area contributed by atoms with E-state index in [4.69, 9.17) is 5.11 Å². The van der Waals surface area contributed by atoms with E-state index in [1.807, 2.05) is 4.68 Å². The van der Waals surface area contributed by atoms with Crippen molar-refractivity contribution in [2.75, 3.05) is 0 Å². The van der Waals surface area contributed by atoms with Crippen molar-refractivity contribution >= 4 is 0 Å². The number of nitrogens with zero attached hydrogens (tertiary/aromatic N) is 3. The van der Waals surface area contributed by atoms with Gasteiger partial charge in [-0.25, -0.2) is 4.68 Å². The van der Waals surface area contributed by atoms with E-state index in [9.17, 15) is 0 Å². The summed E-state index contributed by atoms with van der Waals surface area (Å²) in [5, 5.41) is 17.0. The lowest BCUT2D eigenvalue weighted by atomic mass is 10.1. The first-order valence-electron chi connectivity index (χ1n) is 4.62. The smallest absolute Gasteiger partial charge is 0.112 e. The molecule has 1 aromatic rings. The Morgan fingerprint density at radius 2 is 1.92 bits per heavy atom. The van der Waals surface area contributed by atoms with Crippen molar-refractivity contribution in [1.82, 2.24) is 15.0 Å². The van der Waals surface area contributed by atoms with Crippen molar-refractivity contribution in [3.63, 3.8) is 0 Å². The SMILES string of the molecule is CC(C)c1c(CO)nnn1C(C)C. The third-order valence-corrected chi connectivity index (χ3v) is 1.99. The van der Waals surface area contributed by atoms with E-state index in [2.05, 4.69) is 38.0 Å².